The lowest BCUT2D eigenvalue weighted by Crippen LogP contribution is -2.26. The van der Waals surface area contributed by atoms with E-state index < -0.39 is 18.1 Å². The van der Waals surface area contributed by atoms with E-state index in [0.717, 1.165) is 12.8 Å². The number of aliphatic hydroxyl groups is 2. The largest absolute Gasteiger partial charge is 0.396 e. The highest BCUT2D eigenvalue weighted by Crippen LogP contribution is 2.24. The van der Waals surface area contributed by atoms with Crippen LogP contribution in [0.4, 0.5) is 0 Å². The molecule has 2 N–H and O–H groups in total. The number of hydrogen-bond acceptors (Lipinski definition) is 4. The second-order valence-corrected chi connectivity index (χ2v) is 3.71. The first-order valence-corrected chi connectivity index (χ1v) is 5.15. The van der Waals surface area contributed by atoms with Gasteiger partial charge in [-0.25, -0.2) is 0 Å². The van der Waals surface area contributed by atoms with E-state index in [0.29, 0.717) is 13.0 Å². The van der Waals surface area contributed by atoms with Gasteiger partial charge < -0.3 is 14.9 Å². The molecular formula is C10H18O4. The van der Waals surface area contributed by atoms with Crippen molar-refractivity contribution in [3.05, 3.63) is 0 Å². The van der Waals surface area contributed by atoms with Crippen LogP contribution in [0.1, 0.15) is 26.2 Å². The van der Waals surface area contributed by atoms with Gasteiger partial charge in [0.15, 0.2) is 5.78 Å². The van der Waals surface area contributed by atoms with Crippen LogP contribution in [-0.2, 0) is 9.53 Å². The van der Waals surface area contributed by atoms with Crippen LogP contribution in [0.3, 0.4) is 0 Å². The Morgan fingerprint density at radius 3 is 2.79 bits per heavy atom. The summed E-state index contributed by atoms with van der Waals surface area (Å²) in [7, 11) is 0. The SMILES string of the molecule is CCCCO[C@@H]1C[C@H](O)[C@@H](CO)C1=O. The fourth-order valence-corrected chi connectivity index (χ4v) is 1.66. The standard InChI is InChI=1S/C10H18O4/c1-2-3-4-14-9-5-8(12)7(6-11)10(9)13/h7-9,11-12H,2-6H2,1H3/t7-,8+,9-/m1/s1. The maximum absolute atomic E-state index is 11.5. The molecule has 0 saturated heterocycles. The van der Waals surface area contributed by atoms with Gasteiger partial charge in [-0.2, -0.15) is 0 Å². The first kappa shape index (κ1) is 11.6. The number of hydrogen-bond donors (Lipinski definition) is 2. The van der Waals surface area contributed by atoms with E-state index in [-0.39, 0.29) is 12.4 Å². The molecule has 4 heteroatoms. The highest BCUT2D eigenvalue weighted by molar-refractivity contribution is 5.88. The van der Waals surface area contributed by atoms with Crippen LogP contribution in [0.5, 0.6) is 0 Å². The zero-order valence-corrected chi connectivity index (χ0v) is 8.48. The van der Waals surface area contributed by atoms with Gasteiger partial charge in [0, 0.05) is 13.0 Å². The molecule has 1 aliphatic carbocycles. The highest BCUT2D eigenvalue weighted by Gasteiger charge is 2.41. The molecule has 0 aromatic carbocycles. The van der Waals surface area contributed by atoms with Gasteiger partial charge in [-0.1, -0.05) is 13.3 Å². The smallest absolute Gasteiger partial charge is 0.169 e. The summed E-state index contributed by atoms with van der Waals surface area (Å²) >= 11 is 0. The highest BCUT2D eigenvalue weighted by atomic mass is 16.5. The third-order valence-corrected chi connectivity index (χ3v) is 2.62. The van der Waals surface area contributed by atoms with Gasteiger partial charge in [-0.05, 0) is 6.42 Å². The van der Waals surface area contributed by atoms with Crippen LogP contribution in [-0.4, -0.2) is 41.4 Å². The van der Waals surface area contributed by atoms with Crippen LogP contribution in [0, 0.1) is 5.92 Å². The van der Waals surface area contributed by atoms with E-state index in [1.165, 1.54) is 0 Å². The lowest BCUT2D eigenvalue weighted by Gasteiger charge is -2.09. The molecule has 0 spiro atoms. The van der Waals surface area contributed by atoms with E-state index >= 15 is 0 Å². The number of ether oxygens (including phenoxy) is 1. The predicted molar refractivity (Wildman–Crippen MR) is 50.9 cm³/mol. The Bertz CT molecular complexity index is 193. The first-order chi connectivity index (χ1) is 6.70. The summed E-state index contributed by atoms with van der Waals surface area (Å²) < 4.78 is 5.34. The van der Waals surface area contributed by atoms with Crippen molar-refractivity contribution in [2.24, 2.45) is 5.92 Å². The minimum atomic E-state index is -0.737. The monoisotopic (exact) mass is 202 g/mol. The zero-order valence-electron chi connectivity index (χ0n) is 8.48. The number of aliphatic hydroxyl groups excluding tert-OH is 2. The van der Waals surface area contributed by atoms with Gasteiger partial charge in [0.05, 0.1) is 18.6 Å². The quantitative estimate of drug-likeness (QED) is 0.621. The number of rotatable bonds is 5. The summed E-state index contributed by atoms with van der Waals surface area (Å²) in [6.45, 7) is 2.32. The Morgan fingerprint density at radius 2 is 2.29 bits per heavy atom. The molecule has 0 bridgehead atoms. The summed E-state index contributed by atoms with van der Waals surface area (Å²) in [5.41, 5.74) is 0. The van der Waals surface area contributed by atoms with Gasteiger partial charge in [0.2, 0.25) is 0 Å². The number of carbonyl (C=O) groups is 1. The Kier molecular flexibility index (Phi) is 4.51. The molecule has 3 atom stereocenters. The van der Waals surface area contributed by atoms with Gasteiger partial charge in [-0.3, -0.25) is 4.79 Å². The molecule has 1 aliphatic rings. The molecule has 1 fully saturated rings. The van der Waals surface area contributed by atoms with E-state index in [9.17, 15) is 9.90 Å². The van der Waals surface area contributed by atoms with Crippen molar-refractivity contribution in [1.82, 2.24) is 0 Å². The molecule has 1 rings (SSSR count). The molecule has 0 aromatic heterocycles. The van der Waals surface area contributed by atoms with E-state index in [2.05, 4.69) is 0 Å². The van der Waals surface area contributed by atoms with Gasteiger partial charge >= 0.3 is 0 Å². The van der Waals surface area contributed by atoms with Crippen LogP contribution in [0.25, 0.3) is 0 Å². The molecule has 14 heavy (non-hydrogen) atoms. The van der Waals surface area contributed by atoms with Gasteiger partial charge in [-0.15, -0.1) is 0 Å². The summed E-state index contributed by atoms with van der Waals surface area (Å²) in [5, 5.41) is 18.3. The maximum Gasteiger partial charge on any atom is 0.169 e. The molecule has 0 radical (unpaired) electrons. The van der Waals surface area contributed by atoms with Crippen molar-refractivity contribution < 1.29 is 19.7 Å². The van der Waals surface area contributed by atoms with E-state index in [4.69, 9.17) is 9.84 Å². The Morgan fingerprint density at radius 1 is 1.57 bits per heavy atom. The van der Waals surface area contributed by atoms with Gasteiger partial charge in [0.25, 0.3) is 0 Å². The Labute approximate surface area is 83.9 Å². The van der Waals surface area contributed by atoms with Crippen LogP contribution in [0.15, 0.2) is 0 Å². The second-order valence-electron chi connectivity index (χ2n) is 3.71. The third-order valence-electron chi connectivity index (χ3n) is 2.62. The van der Waals surface area contributed by atoms with Crippen molar-refractivity contribution in [3.8, 4) is 0 Å². The molecule has 1 saturated carbocycles. The van der Waals surface area contributed by atoms with Crippen LogP contribution in [0.2, 0.25) is 0 Å². The molecule has 82 valence electrons. The molecular weight excluding hydrogens is 184 g/mol. The maximum atomic E-state index is 11.5. The number of Topliss-reactive ketones (excluding diaryl/α,β-unsaturated/α-hetero) is 1. The van der Waals surface area contributed by atoms with Crippen molar-refractivity contribution in [2.75, 3.05) is 13.2 Å². The topological polar surface area (TPSA) is 66.8 Å². The number of unbranched alkanes of at least 4 members (excludes halogenated alkanes) is 1. The van der Waals surface area contributed by atoms with E-state index in [1.54, 1.807) is 0 Å². The molecule has 4 nitrogen and oxygen atoms in total. The number of carbonyl (C=O) groups excluding carboxylic acids is 1. The molecule has 0 aromatic rings. The average molecular weight is 202 g/mol. The zero-order chi connectivity index (χ0) is 10.6. The molecule has 0 heterocycles. The fraction of sp³-hybridized carbons (Fsp3) is 0.900. The minimum Gasteiger partial charge on any atom is -0.396 e. The van der Waals surface area contributed by atoms with Crippen molar-refractivity contribution in [2.45, 2.75) is 38.4 Å². The van der Waals surface area contributed by atoms with Crippen molar-refractivity contribution in [1.29, 1.82) is 0 Å². The van der Waals surface area contributed by atoms with Crippen molar-refractivity contribution >= 4 is 5.78 Å². The second kappa shape index (κ2) is 5.44. The summed E-state index contributed by atoms with van der Waals surface area (Å²) in [5.74, 6) is -0.794. The molecule has 0 aliphatic heterocycles. The Hall–Kier alpha value is -0.450. The normalized spacial score (nSPS) is 32.5. The molecule has 0 unspecified atom stereocenters. The van der Waals surface area contributed by atoms with Gasteiger partial charge in [0.1, 0.15) is 6.10 Å². The van der Waals surface area contributed by atoms with Crippen LogP contribution < -0.4 is 0 Å². The third kappa shape index (κ3) is 2.53. The summed E-state index contributed by atoms with van der Waals surface area (Å²) in [6, 6.07) is 0. The van der Waals surface area contributed by atoms with E-state index in [1.807, 2.05) is 6.92 Å². The Balaban J connectivity index is 2.37. The predicted octanol–water partition coefficient (Wildman–Crippen LogP) is 0.114. The van der Waals surface area contributed by atoms with Crippen molar-refractivity contribution in [3.63, 3.8) is 0 Å². The first-order valence-electron chi connectivity index (χ1n) is 5.15. The lowest BCUT2D eigenvalue weighted by atomic mass is 10.1. The number of ketones is 1. The van der Waals surface area contributed by atoms with Crippen LogP contribution >= 0.6 is 0 Å². The lowest BCUT2D eigenvalue weighted by molar-refractivity contribution is -0.131. The molecule has 0 amide bonds. The fourth-order valence-electron chi connectivity index (χ4n) is 1.66. The average Bonchev–Trinajstić information content (AvgIpc) is 2.42. The summed E-state index contributed by atoms with van der Waals surface area (Å²) in [6.07, 6.45) is 1.03. The minimum absolute atomic E-state index is 0.156. The summed E-state index contributed by atoms with van der Waals surface area (Å²) in [4.78, 5) is 11.5.